The monoisotopic (exact) mass is 374 g/mol. The Bertz CT molecular complexity index is 752. The van der Waals surface area contributed by atoms with Crippen molar-refractivity contribution in [2.24, 2.45) is 5.92 Å². The molecule has 0 aliphatic carbocycles. The van der Waals surface area contributed by atoms with E-state index in [1.54, 1.807) is 0 Å². The van der Waals surface area contributed by atoms with Crippen molar-refractivity contribution >= 4 is 0 Å². The van der Waals surface area contributed by atoms with Crippen molar-refractivity contribution in [3.05, 3.63) is 108 Å². The van der Waals surface area contributed by atoms with Crippen LogP contribution in [-0.2, 0) is 15.1 Å². The summed E-state index contributed by atoms with van der Waals surface area (Å²) in [5.41, 5.74) is 2.61. The van der Waals surface area contributed by atoms with Gasteiger partial charge in [-0.2, -0.15) is 0 Å². The maximum absolute atomic E-state index is 9.38. The fourth-order valence-electron chi connectivity index (χ4n) is 4.03. The van der Waals surface area contributed by atoms with Gasteiger partial charge in [-0.15, -0.1) is 0 Å². The second kappa shape index (κ2) is 8.70. The molecule has 1 saturated heterocycles. The van der Waals surface area contributed by atoms with E-state index in [1.165, 1.54) is 0 Å². The summed E-state index contributed by atoms with van der Waals surface area (Å²) in [6.45, 7) is 1.26. The normalized spacial score (nSPS) is 19.6. The van der Waals surface area contributed by atoms with E-state index in [4.69, 9.17) is 9.47 Å². The highest BCUT2D eigenvalue weighted by molar-refractivity contribution is 5.47. The Morgan fingerprint density at radius 3 is 1.64 bits per heavy atom. The quantitative estimate of drug-likeness (QED) is 0.623. The zero-order valence-electron chi connectivity index (χ0n) is 15.9. The van der Waals surface area contributed by atoms with E-state index in [1.807, 2.05) is 18.2 Å². The largest absolute Gasteiger partial charge is 0.394 e. The molecule has 1 aliphatic heterocycles. The molecule has 0 aromatic heterocycles. The maximum atomic E-state index is 9.38. The molecular formula is C25H26O3. The van der Waals surface area contributed by atoms with Gasteiger partial charge in [0.2, 0.25) is 0 Å². The predicted octanol–water partition coefficient (Wildman–Crippen LogP) is 4.39. The minimum atomic E-state index is -0.693. The molecule has 0 radical (unpaired) electrons. The molecule has 0 amide bonds. The van der Waals surface area contributed by atoms with Crippen LogP contribution >= 0.6 is 0 Å². The number of hydrogen-bond donors (Lipinski definition) is 1. The fourth-order valence-corrected chi connectivity index (χ4v) is 4.03. The number of ether oxygens (including phenoxy) is 2. The first-order chi connectivity index (χ1) is 13.8. The van der Waals surface area contributed by atoms with Gasteiger partial charge in [0.15, 0.2) is 0 Å². The van der Waals surface area contributed by atoms with Crippen LogP contribution in [0, 0.1) is 5.92 Å². The van der Waals surface area contributed by atoms with Crippen LogP contribution < -0.4 is 0 Å². The number of hydrogen-bond acceptors (Lipinski definition) is 3. The van der Waals surface area contributed by atoms with Gasteiger partial charge >= 0.3 is 0 Å². The molecule has 28 heavy (non-hydrogen) atoms. The lowest BCUT2D eigenvalue weighted by Crippen LogP contribution is -2.34. The van der Waals surface area contributed by atoms with Gasteiger partial charge in [-0.3, -0.25) is 0 Å². The molecule has 0 bridgehead atoms. The Hall–Kier alpha value is -2.46. The number of aliphatic hydroxyl groups excluding tert-OH is 1. The third-order valence-corrected chi connectivity index (χ3v) is 5.44. The molecule has 0 spiro atoms. The average Bonchev–Trinajstić information content (AvgIpc) is 3.25. The Morgan fingerprint density at radius 2 is 1.25 bits per heavy atom. The number of benzene rings is 3. The van der Waals surface area contributed by atoms with Crippen molar-refractivity contribution in [2.75, 3.05) is 19.8 Å². The number of rotatable bonds is 7. The lowest BCUT2D eigenvalue weighted by atomic mass is 9.80. The third kappa shape index (κ3) is 3.74. The molecule has 2 atom stereocenters. The molecule has 1 N–H and O–H groups in total. The molecular weight excluding hydrogens is 348 g/mol. The first-order valence-corrected chi connectivity index (χ1v) is 9.86. The highest BCUT2D eigenvalue weighted by atomic mass is 16.5. The van der Waals surface area contributed by atoms with E-state index in [0.29, 0.717) is 13.2 Å². The van der Waals surface area contributed by atoms with Gasteiger partial charge in [0.1, 0.15) is 5.60 Å². The van der Waals surface area contributed by atoms with Gasteiger partial charge in [0.25, 0.3) is 0 Å². The highest BCUT2D eigenvalue weighted by Crippen LogP contribution is 2.41. The third-order valence-electron chi connectivity index (χ3n) is 5.44. The van der Waals surface area contributed by atoms with Crippen molar-refractivity contribution in [3.8, 4) is 0 Å². The smallest absolute Gasteiger partial charge is 0.143 e. The second-order valence-electron chi connectivity index (χ2n) is 7.33. The van der Waals surface area contributed by atoms with Crippen LogP contribution in [0.4, 0.5) is 0 Å². The van der Waals surface area contributed by atoms with Crippen molar-refractivity contribution < 1.29 is 14.6 Å². The standard InChI is InChI=1S/C25H26O3/c26-17-24-16-20(18-27-24)19-28-25(21-10-4-1-5-11-21,22-12-6-2-7-13-22)23-14-8-3-9-15-23/h1-15,20,24,26H,16-19H2. The van der Waals surface area contributed by atoms with Crippen LogP contribution in [0.25, 0.3) is 0 Å². The van der Waals surface area contributed by atoms with Crippen LogP contribution in [0.1, 0.15) is 23.1 Å². The molecule has 1 heterocycles. The topological polar surface area (TPSA) is 38.7 Å². The van der Waals surface area contributed by atoms with E-state index in [2.05, 4.69) is 72.8 Å². The SMILES string of the molecule is OCC1CC(COC(c2ccccc2)(c2ccccc2)c2ccccc2)CO1. The van der Waals surface area contributed by atoms with E-state index < -0.39 is 5.60 Å². The molecule has 144 valence electrons. The Labute approximate surface area is 166 Å². The highest BCUT2D eigenvalue weighted by Gasteiger charge is 2.39. The minimum absolute atomic E-state index is 0.0672. The van der Waals surface area contributed by atoms with Gasteiger partial charge in [-0.25, -0.2) is 0 Å². The zero-order chi connectivity index (χ0) is 19.2. The molecule has 2 unspecified atom stereocenters. The molecule has 1 fully saturated rings. The summed E-state index contributed by atoms with van der Waals surface area (Å²) in [7, 11) is 0. The van der Waals surface area contributed by atoms with E-state index in [9.17, 15) is 5.11 Å². The second-order valence-corrected chi connectivity index (χ2v) is 7.33. The van der Waals surface area contributed by atoms with Crippen LogP contribution in [0.2, 0.25) is 0 Å². The molecule has 3 nitrogen and oxygen atoms in total. The fraction of sp³-hybridized carbons (Fsp3) is 0.280. The number of aliphatic hydroxyl groups is 1. The Kier molecular flexibility index (Phi) is 5.87. The van der Waals surface area contributed by atoms with E-state index in [-0.39, 0.29) is 18.6 Å². The molecule has 3 heteroatoms. The summed E-state index contributed by atoms with van der Waals surface area (Å²) in [6, 6.07) is 31.2. The minimum Gasteiger partial charge on any atom is -0.394 e. The van der Waals surface area contributed by atoms with E-state index in [0.717, 1.165) is 23.1 Å². The maximum Gasteiger partial charge on any atom is 0.143 e. The van der Waals surface area contributed by atoms with Crippen molar-refractivity contribution in [2.45, 2.75) is 18.1 Å². The van der Waals surface area contributed by atoms with Crippen LogP contribution in [-0.4, -0.2) is 31.0 Å². The summed E-state index contributed by atoms with van der Waals surface area (Å²) in [6.07, 6.45) is 0.749. The first kappa shape index (κ1) is 18.9. The molecule has 4 rings (SSSR count). The first-order valence-electron chi connectivity index (χ1n) is 9.86. The lowest BCUT2D eigenvalue weighted by molar-refractivity contribution is -0.0106. The van der Waals surface area contributed by atoms with Gasteiger partial charge in [0, 0.05) is 5.92 Å². The molecule has 3 aromatic rings. The zero-order valence-corrected chi connectivity index (χ0v) is 15.9. The summed E-state index contributed by atoms with van der Waals surface area (Å²) >= 11 is 0. The lowest BCUT2D eigenvalue weighted by Gasteiger charge is -2.36. The average molecular weight is 374 g/mol. The van der Waals surface area contributed by atoms with Crippen LogP contribution in [0.5, 0.6) is 0 Å². The Morgan fingerprint density at radius 1 is 0.786 bits per heavy atom. The van der Waals surface area contributed by atoms with Crippen molar-refractivity contribution in [1.82, 2.24) is 0 Å². The van der Waals surface area contributed by atoms with Gasteiger partial charge in [-0.05, 0) is 23.1 Å². The van der Waals surface area contributed by atoms with Gasteiger partial charge in [-0.1, -0.05) is 91.0 Å². The summed E-state index contributed by atoms with van der Waals surface area (Å²) in [5, 5.41) is 9.38. The van der Waals surface area contributed by atoms with Gasteiger partial charge < -0.3 is 14.6 Å². The molecule has 3 aromatic carbocycles. The Balaban J connectivity index is 1.77. The summed E-state index contributed by atoms with van der Waals surface area (Å²) in [5.74, 6) is 0.271. The summed E-state index contributed by atoms with van der Waals surface area (Å²) < 4.78 is 12.5. The van der Waals surface area contributed by atoms with Crippen LogP contribution in [0.3, 0.4) is 0 Å². The van der Waals surface area contributed by atoms with Gasteiger partial charge in [0.05, 0.1) is 25.9 Å². The molecule has 0 saturated carbocycles. The van der Waals surface area contributed by atoms with E-state index >= 15 is 0 Å². The summed E-state index contributed by atoms with van der Waals surface area (Å²) in [4.78, 5) is 0. The van der Waals surface area contributed by atoms with Crippen molar-refractivity contribution in [3.63, 3.8) is 0 Å². The van der Waals surface area contributed by atoms with Crippen molar-refractivity contribution in [1.29, 1.82) is 0 Å². The predicted molar refractivity (Wildman–Crippen MR) is 110 cm³/mol. The van der Waals surface area contributed by atoms with Crippen LogP contribution in [0.15, 0.2) is 91.0 Å². The molecule has 1 aliphatic rings.